The van der Waals surface area contributed by atoms with Gasteiger partial charge < -0.3 is 18.7 Å². The fourth-order valence-electron chi connectivity index (χ4n) is 13.6. The summed E-state index contributed by atoms with van der Waals surface area (Å²) in [5.74, 6) is 1.14. The number of allylic oxidation sites excluding steroid dienone is 1. The summed E-state index contributed by atoms with van der Waals surface area (Å²) in [6.45, 7) is 11.7. The largest absolute Gasteiger partial charge is 0.340 e. The molecule has 1 atom stereocenters. The second-order valence-electron chi connectivity index (χ2n) is 22.7. The summed E-state index contributed by atoms with van der Waals surface area (Å²) >= 11 is 1.89. The van der Waals surface area contributed by atoms with E-state index in [-0.39, 0.29) is 26.0 Å². The molecule has 0 fully saturated rings. The van der Waals surface area contributed by atoms with Gasteiger partial charge in [-0.1, -0.05) is 127 Å². The van der Waals surface area contributed by atoms with Crippen molar-refractivity contribution >= 4 is 80.8 Å². The van der Waals surface area contributed by atoms with Crippen molar-refractivity contribution in [2.45, 2.75) is 47.1 Å². The van der Waals surface area contributed by atoms with E-state index in [1.165, 1.54) is 131 Å². The minimum atomic E-state index is 0. The van der Waals surface area contributed by atoms with Crippen molar-refractivity contribution in [1.29, 1.82) is 0 Å². The summed E-state index contributed by atoms with van der Waals surface area (Å²) in [6.07, 6.45) is 8.03. The van der Waals surface area contributed by atoms with Crippen LogP contribution in [0, 0.1) is 46.8 Å². The molecule has 1 radical (unpaired) electrons. The molecule has 0 spiro atoms. The predicted molar refractivity (Wildman–Crippen MR) is 358 cm³/mol. The van der Waals surface area contributed by atoms with E-state index in [9.17, 15) is 0 Å². The number of thiophene rings is 1. The average Bonchev–Trinajstić information content (AvgIpc) is 2.32. The molecule has 0 N–H and O–H groups in total. The van der Waals surface area contributed by atoms with Crippen LogP contribution in [0.4, 0.5) is 0 Å². The second kappa shape index (κ2) is 22.5. The maximum Gasteiger partial charge on any atom is 0.0602 e. The molecular weight excluding hydrogens is 1240 g/mol. The van der Waals surface area contributed by atoms with Crippen molar-refractivity contribution in [2.24, 2.45) is 4.99 Å². The van der Waals surface area contributed by atoms with E-state index in [0.29, 0.717) is 0 Å². The standard InChI is InChI=1S/C60H41N4S.C19H18N.Ir/c1-38-31-40(32-39(2)58(38)62-30-29-61-60(62)41-15-4-3-5-16-41)37-63-53-23-10-6-21-48(53)51-34-43(27-28-54(51)63)50-35-44(36-52-49-22-9-13-26-57(49)65-59(50)52)42-17-14-18-45(33-42)64-55-24-11-7-19-46(55)47-20-8-12-25-56(47)64;1-13-11-14(2)18(15(3)12-13)17-9-10-20-19(17)16-7-5-4-6-8-16;/h3-15,17-36H,37H2,1-2H3;4-7,9-12,17H,1-3H3;/q2*-1;. The van der Waals surface area contributed by atoms with Gasteiger partial charge in [0.2, 0.25) is 0 Å². The predicted octanol–water partition coefficient (Wildman–Crippen LogP) is 20.4. The van der Waals surface area contributed by atoms with Crippen molar-refractivity contribution in [3.8, 4) is 45.0 Å². The van der Waals surface area contributed by atoms with Crippen LogP contribution in [0.2, 0.25) is 0 Å². The summed E-state index contributed by atoms with van der Waals surface area (Å²) < 4.78 is 9.72. The van der Waals surface area contributed by atoms with Gasteiger partial charge in [-0.05, 0) is 151 Å². The molecule has 15 aromatic rings. The Morgan fingerprint density at radius 2 is 1.12 bits per heavy atom. The average molecular weight is 1300 g/mol. The van der Waals surface area contributed by atoms with Gasteiger partial charge in [-0.3, -0.25) is 4.98 Å². The summed E-state index contributed by atoms with van der Waals surface area (Å²) in [5, 5.41) is 7.65. The summed E-state index contributed by atoms with van der Waals surface area (Å²) in [4.78, 5) is 9.30. The maximum atomic E-state index is 4.73. The molecule has 1 aliphatic rings. The normalized spacial score (nSPS) is 13.0. The van der Waals surface area contributed by atoms with Crippen LogP contribution in [0.25, 0.3) is 109 Å². The van der Waals surface area contributed by atoms with Crippen LogP contribution in [0.3, 0.4) is 0 Å². The number of nitrogens with zero attached hydrogens (tertiary/aromatic N) is 5. The molecule has 0 saturated heterocycles. The van der Waals surface area contributed by atoms with Crippen molar-refractivity contribution in [3.05, 3.63) is 306 Å². The van der Waals surface area contributed by atoms with Crippen LogP contribution in [0.15, 0.2) is 254 Å². The van der Waals surface area contributed by atoms with Gasteiger partial charge in [-0.2, -0.15) is 0 Å². The Hall–Kier alpha value is -9.49. The summed E-state index contributed by atoms with van der Waals surface area (Å²) in [6, 6.07) is 88.2. The fraction of sp³-hybridized carbons (Fsp3) is 0.0886. The van der Waals surface area contributed by atoms with Crippen LogP contribution in [0.5, 0.6) is 0 Å². The summed E-state index contributed by atoms with van der Waals surface area (Å²) in [5.41, 5.74) is 24.3. The van der Waals surface area contributed by atoms with Crippen LogP contribution in [-0.2, 0) is 26.7 Å². The third-order valence-corrected chi connectivity index (χ3v) is 18.3. The Kier molecular flexibility index (Phi) is 14.2. The van der Waals surface area contributed by atoms with Crippen molar-refractivity contribution in [3.63, 3.8) is 0 Å². The molecule has 16 rings (SSSR count). The van der Waals surface area contributed by atoms with Gasteiger partial charge in [-0.15, -0.1) is 83.1 Å². The van der Waals surface area contributed by atoms with Crippen molar-refractivity contribution in [1.82, 2.24) is 18.7 Å². The second-order valence-corrected chi connectivity index (χ2v) is 23.7. The molecule has 7 heteroatoms. The number of rotatable bonds is 9. The molecule has 4 aromatic heterocycles. The molecule has 0 saturated carbocycles. The Balaban J connectivity index is 0.000000264. The third-order valence-electron chi connectivity index (χ3n) is 17.1. The number of aromatic nitrogens is 4. The zero-order chi connectivity index (χ0) is 57.3. The first-order valence-corrected chi connectivity index (χ1v) is 30.0. The third kappa shape index (κ3) is 9.53. The quantitative estimate of drug-likeness (QED) is 0.133. The minimum absolute atomic E-state index is 0. The zero-order valence-corrected chi connectivity index (χ0v) is 51.6. The van der Waals surface area contributed by atoms with Crippen LogP contribution in [0.1, 0.15) is 50.4 Å². The van der Waals surface area contributed by atoms with Gasteiger partial charge >= 0.3 is 0 Å². The van der Waals surface area contributed by atoms with Gasteiger partial charge in [0.25, 0.3) is 0 Å². The van der Waals surface area contributed by atoms with Crippen LogP contribution < -0.4 is 0 Å². The molecular formula is C79H59IrN5S-2. The number of fused-ring (bicyclic) bond motifs is 9. The number of imidazole rings is 1. The summed E-state index contributed by atoms with van der Waals surface area (Å²) in [7, 11) is 0. The molecule has 0 bridgehead atoms. The molecule has 11 aromatic carbocycles. The Morgan fingerprint density at radius 3 is 1.81 bits per heavy atom. The Morgan fingerprint density at radius 1 is 0.500 bits per heavy atom. The number of aliphatic imine (C=N–C) groups is 1. The van der Waals surface area contributed by atoms with E-state index in [0.717, 1.165) is 34.9 Å². The van der Waals surface area contributed by atoms with Gasteiger partial charge in [0.1, 0.15) is 0 Å². The fourth-order valence-corrected chi connectivity index (χ4v) is 14.8. The van der Waals surface area contributed by atoms with Crippen LogP contribution >= 0.6 is 11.3 Å². The maximum absolute atomic E-state index is 4.73. The number of para-hydroxylation sites is 3. The van der Waals surface area contributed by atoms with E-state index >= 15 is 0 Å². The van der Waals surface area contributed by atoms with E-state index in [1.54, 1.807) is 0 Å². The van der Waals surface area contributed by atoms with E-state index in [2.05, 4.69) is 266 Å². The van der Waals surface area contributed by atoms with Crippen molar-refractivity contribution < 1.29 is 20.1 Å². The molecule has 1 unspecified atom stereocenters. The van der Waals surface area contributed by atoms with Crippen molar-refractivity contribution in [2.75, 3.05) is 0 Å². The number of aryl methyl sites for hydroxylation is 5. The van der Waals surface area contributed by atoms with E-state index < -0.39 is 0 Å². The first-order valence-electron chi connectivity index (χ1n) is 29.2. The Labute approximate surface area is 518 Å². The molecule has 86 heavy (non-hydrogen) atoms. The molecule has 5 heterocycles. The van der Waals surface area contributed by atoms with E-state index in [1.807, 2.05) is 60.1 Å². The van der Waals surface area contributed by atoms with Gasteiger partial charge in [0.15, 0.2) is 0 Å². The number of benzene rings is 11. The zero-order valence-electron chi connectivity index (χ0n) is 48.4. The van der Waals surface area contributed by atoms with Gasteiger partial charge in [-0.25, -0.2) is 0 Å². The minimum Gasteiger partial charge on any atom is -0.340 e. The van der Waals surface area contributed by atoms with Gasteiger partial charge in [0, 0.05) is 121 Å². The first-order chi connectivity index (χ1) is 41.7. The monoisotopic (exact) mass is 1300 g/mol. The SMILES string of the molecule is Cc1cc(C)c(C2C=CN=C2c2[c-]cccc2)c(C)c1.Cc1cc(Cn2c3ccccc3c3cc(-c4cc(-c5cccc(-n6c7ccccc7c7ccccc76)c5)cc5c4sc4ccccc45)ccc32)cc(C)c1-n1ccnc1-c1[c-]cccc1.[Ir]. The smallest absolute Gasteiger partial charge is 0.0602 e. The van der Waals surface area contributed by atoms with Gasteiger partial charge in [0.05, 0.1) is 16.9 Å². The number of hydrogen-bond acceptors (Lipinski definition) is 3. The molecule has 0 amide bonds. The molecule has 0 aliphatic carbocycles. The number of hydrogen-bond donors (Lipinski definition) is 0. The van der Waals surface area contributed by atoms with Crippen LogP contribution in [-0.4, -0.2) is 24.4 Å². The topological polar surface area (TPSA) is 40.0 Å². The molecule has 5 nitrogen and oxygen atoms in total. The Bertz CT molecular complexity index is 5070. The van der Waals surface area contributed by atoms with E-state index in [4.69, 9.17) is 4.98 Å². The molecule has 1 aliphatic heterocycles. The first kappa shape index (κ1) is 54.4. The molecule has 417 valence electrons.